The number of allylic oxidation sites excluding steroid dienone is 2. The molecule has 122 valence electrons. The molecule has 23 heavy (non-hydrogen) atoms. The van der Waals surface area contributed by atoms with Crippen LogP contribution in [0.15, 0.2) is 11.6 Å². The minimum absolute atomic E-state index is 0.0358. The average molecular weight is 312 g/mol. The van der Waals surface area contributed by atoms with Crippen molar-refractivity contribution in [1.82, 2.24) is 0 Å². The number of hydrogen-bond acceptors (Lipinski definition) is 2. The molecule has 0 aromatic rings. The standard InChI is InChI=1S/C19H24N2O2/c1-18-10-8-15(22)17(21-20)14(18)4-3-11-12-5-6-16(23)19(12,2)9-7-13(11)18/h4,11-13H,3,5-10H2,1-2H3/t11-,12-,13-,18+,19-/m0/s1. The Balaban J connectivity index is 1.77. The molecule has 0 N–H and O–H groups in total. The van der Waals surface area contributed by atoms with Crippen LogP contribution in [-0.4, -0.2) is 22.1 Å². The fourth-order valence-electron chi connectivity index (χ4n) is 6.30. The first-order valence-electron chi connectivity index (χ1n) is 8.91. The quantitative estimate of drug-likeness (QED) is 0.508. The third-order valence-corrected chi connectivity index (χ3v) is 7.66. The molecule has 4 rings (SSSR count). The van der Waals surface area contributed by atoms with Gasteiger partial charge in [0.2, 0.25) is 5.78 Å². The van der Waals surface area contributed by atoms with Gasteiger partial charge in [0.15, 0.2) is 0 Å². The summed E-state index contributed by atoms with van der Waals surface area (Å²) in [6.45, 7) is 4.42. The van der Waals surface area contributed by atoms with E-state index < -0.39 is 0 Å². The second-order valence-corrected chi connectivity index (χ2v) is 8.44. The molecular formula is C19H24N2O2. The summed E-state index contributed by atoms with van der Waals surface area (Å²) in [4.78, 5) is 27.8. The van der Waals surface area contributed by atoms with Gasteiger partial charge in [0.05, 0.1) is 0 Å². The van der Waals surface area contributed by atoms with E-state index in [1.165, 1.54) is 0 Å². The first-order chi connectivity index (χ1) is 10.9. The van der Waals surface area contributed by atoms with Gasteiger partial charge in [-0.25, -0.2) is 0 Å². The van der Waals surface area contributed by atoms with E-state index in [1.807, 2.05) is 0 Å². The lowest BCUT2D eigenvalue weighted by Crippen LogP contribution is -2.52. The minimum atomic E-state index is -0.124. The molecule has 0 heterocycles. The van der Waals surface area contributed by atoms with Crippen LogP contribution < -0.4 is 0 Å². The van der Waals surface area contributed by atoms with Crippen LogP contribution in [0.2, 0.25) is 0 Å². The highest BCUT2D eigenvalue weighted by atomic mass is 16.1. The zero-order valence-electron chi connectivity index (χ0n) is 14.0. The highest BCUT2D eigenvalue weighted by Gasteiger charge is 2.60. The Morgan fingerprint density at radius 2 is 1.83 bits per heavy atom. The topological polar surface area (TPSA) is 70.5 Å². The molecule has 0 saturated heterocycles. The highest BCUT2D eigenvalue weighted by molar-refractivity contribution is 6.44. The average Bonchev–Trinajstić information content (AvgIpc) is 2.83. The Hall–Kier alpha value is -1.54. The fourth-order valence-corrected chi connectivity index (χ4v) is 6.30. The molecule has 0 unspecified atom stereocenters. The van der Waals surface area contributed by atoms with E-state index in [-0.39, 0.29) is 22.3 Å². The SMILES string of the molecule is C[C@]12CCC(=O)C(=[N+]=[N-])C1=CC[C@@H]1[C@@H]2CC[C@]2(C)C(=O)CC[C@@H]12. The summed E-state index contributed by atoms with van der Waals surface area (Å²) in [6.07, 6.45) is 8.14. The van der Waals surface area contributed by atoms with Gasteiger partial charge in [0.25, 0.3) is 0 Å². The third-order valence-electron chi connectivity index (χ3n) is 7.66. The van der Waals surface area contributed by atoms with E-state index in [0.29, 0.717) is 30.0 Å². The Morgan fingerprint density at radius 1 is 1.09 bits per heavy atom. The van der Waals surface area contributed by atoms with Gasteiger partial charge in [-0.15, -0.1) is 0 Å². The Labute approximate surface area is 137 Å². The van der Waals surface area contributed by atoms with Crippen LogP contribution in [0.4, 0.5) is 0 Å². The normalized spacial score (nSPS) is 45.7. The van der Waals surface area contributed by atoms with Gasteiger partial charge in [0.1, 0.15) is 5.78 Å². The molecule has 4 nitrogen and oxygen atoms in total. The molecule has 5 atom stereocenters. The van der Waals surface area contributed by atoms with E-state index >= 15 is 0 Å². The minimum Gasteiger partial charge on any atom is -0.361 e. The fraction of sp³-hybridized carbons (Fsp3) is 0.737. The van der Waals surface area contributed by atoms with Crippen LogP contribution in [0.5, 0.6) is 0 Å². The van der Waals surface area contributed by atoms with Crippen molar-refractivity contribution in [2.24, 2.45) is 28.6 Å². The lowest BCUT2D eigenvalue weighted by atomic mass is 9.48. The first-order valence-corrected chi connectivity index (χ1v) is 8.91. The van der Waals surface area contributed by atoms with Gasteiger partial charge in [-0.05, 0) is 49.9 Å². The summed E-state index contributed by atoms with van der Waals surface area (Å²) in [7, 11) is 0. The summed E-state index contributed by atoms with van der Waals surface area (Å²) in [5, 5.41) is 0. The van der Waals surface area contributed by atoms with E-state index in [1.54, 1.807) is 0 Å². The largest absolute Gasteiger partial charge is 0.361 e. The maximum Gasteiger partial charge on any atom is 0.361 e. The second kappa shape index (κ2) is 4.73. The van der Waals surface area contributed by atoms with Crippen LogP contribution in [0.25, 0.3) is 5.53 Å². The molecule has 3 saturated carbocycles. The van der Waals surface area contributed by atoms with Crippen molar-refractivity contribution in [2.75, 3.05) is 0 Å². The number of rotatable bonds is 0. The first kappa shape index (κ1) is 15.0. The maximum atomic E-state index is 12.4. The number of ketones is 2. The van der Waals surface area contributed by atoms with Gasteiger partial charge in [-0.1, -0.05) is 19.9 Å². The maximum absolute atomic E-state index is 12.4. The molecule has 0 radical (unpaired) electrons. The summed E-state index contributed by atoms with van der Waals surface area (Å²) in [6, 6.07) is 0. The van der Waals surface area contributed by atoms with Crippen molar-refractivity contribution in [2.45, 2.75) is 58.8 Å². The number of fused-ring (bicyclic) bond motifs is 5. The van der Waals surface area contributed by atoms with E-state index in [0.717, 1.165) is 44.1 Å². The van der Waals surface area contributed by atoms with E-state index in [4.69, 9.17) is 0 Å². The lowest BCUT2D eigenvalue weighted by molar-refractivity contribution is -0.132. The van der Waals surface area contributed by atoms with Crippen molar-refractivity contribution in [3.8, 4) is 0 Å². The molecule has 4 heteroatoms. The van der Waals surface area contributed by atoms with Crippen molar-refractivity contribution in [3.05, 3.63) is 17.2 Å². The van der Waals surface area contributed by atoms with E-state index in [2.05, 4.69) is 24.7 Å². The lowest BCUT2D eigenvalue weighted by Gasteiger charge is -2.54. The van der Waals surface area contributed by atoms with Gasteiger partial charge in [-0.2, -0.15) is 4.79 Å². The highest BCUT2D eigenvalue weighted by Crippen LogP contribution is 2.63. The number of carbonyl (C=O) groups is 2. The van der Waals surface area contributed by atoms with Crippen molar-refractivity contribution in [3.63, 3.8) is 0 Å². The van der Waals surface area contributed by atoms with E-state index in [9.17, 15) is 15.1 Å². The monoisotopic (exact) mass is 312 g/mol. The molecular weight excluding hydrogens is 288 g/mol. The molecule has 4 aliphatic rings. The summed E-state index contributed by atoms with van der Waals surface area (Å²) in [5.41, 5.74) is 10.4. The predicted octanol–water partition coefficient (Wildman–Crippen LogP) is 3.37. The zero-order chi connectivity index (χ0) is 16.4. The van der Waals surface area contributed by atoms with Gasteiger partial charge < -0.3 is 5.53 Å². The summed E-state index contributed by atoms with van der Waals surface area (Å²) < 4.78 is 0. The van der Waals surface area contributed by atoms with Crippen LogP contribution in [0.1, 0.15) is 58.8 Å². The van der Waals surface area contributed by atoms with Crippen LogP contribution in [0.3, 0.4) is 0 Å². The van der Waals surface area contributed by atoms with Crippen LogP contribution in [-0.2, 0) is 9.59 Å². The van der Waals surface area contributed by atoms with Gasteiger partial charge >= 0.3 is 5.71 Å². The third kappa shape index (κ3) is 1.79. The molecule has 0 spiro atoms. The van der Waals surface area contributed by atoms with Crippen molar-refractivity contribution in [1.29, 1.82) is 0 Å². The molecule has 3 fully saturated rings. The van der Waals surface area contributed by atoms with Gasteiger partial charge in [-0.3, -0.25) is 9.59 Å². The zero-order valence-corrected chi connectivity index (χ0v) is 14.0. The number of nitrogens with zero attached hydrogens (tertiary/aromatic N) is 2. The van der Waals surface area contributed by atoms with Gasteiger partial charge in [0, 0.05) is 29.2 Å². The number of hydrogen-bond donors (Lipinski definition) is 0. The summed E-state index contributed by atoms with van der Waals surface area (Å²) in [5.74, 6) is 1.93. The predicted molar refractivity (Wildman–Crippen MR) is 85.7 cm³/mol. The summed E-state index contributed by atoms with van der Waals surface area (Å²) >= 11 is 0. The molecule has 0 bridgehead atoms. The number of Topliss-reactive ketones (excluding diaryl/α,β-unsaturated/α-hetero) is 2. The van der Waals surface area contributed by atoms with Crippen molar-refractivity contribution >= 4 is 17.3 Å². The molecule has 0 amide bonds. The molecule has 4 aliphatic carbocycles. The van der Waals surface area contributed by atoms with Crippen LogP contribution in [0, 0.1) is 28.6 Å². The van der Waals surface area contributed by atoms with Crippen molar-refractivity contribution < 1.29 is 14.4 Å². The Morgan fingerprint density at radius 3 is 2.57 bits per heavy atom. The molecule has 0 aliphatic heterocycles. The smallest absolute Gasteiger partial charge is 0.361 e. The molecule has 0 aromatic carbocycles. The second-order valence-electron chi connectivity index (χ2n) is 8.44. The molecule has 0 aromatic heterocycles. The van der Waals surface area contributed by atoms with Crippen LogP contribution >= 0.6 is 0 Å². The Kier molecular flexibility index (Phi) is 3.09. The number of carbonyl (C=O) groups excluding carboxylic acids is 2. The Bertz CT molecular complexity index is 687.